The zero-order chi connectivity index (χ0) is 16.6. The van der Waals surface area contributed by atoms with Crippen molar-refractivity contribution in [2.45, 2.75) is 51.1 Å². The summed E-state index contributed by atoms with van der Waals surface area (Å²) in [5, 5.41) is 3.07. The van der Waals surface area contributed by atoms with Crippen LogP contribution in [0.25, 0.3) is 0 Å². The number of hydrogen-bond donors (Lipinski definition) is 1. The molecule has 1 heterocycles. The number of hydrogen-bond acceptors (Lipinski definition) is 2. The maximum absolute atomic E-state index is 13.0. The number of rotatable bonds is 5. The fraction of sp³-hybridized carbons (Fsp3) is 0.556. The predicted molar refractivity (Wildman–Crippen MR) is 85.3 cm³/mol. The molecule has 1 saturated heterocycles. The molecule has 0 radical (unpaired) electrons. The molecular weight excluding hydrogens is 295 g/mol. The zero-order valence-electron chi connectivity index (χ0n) is 13.6. The van der Waals surface area contributed by atoms with Gasteiger partial charge in [-0.15, -0.1) is 0 Å². The molecule has 3 rings (SSSR count). The van der Waals surface area contributed by atoms with Crippen LogP contribution in [0.1, 0.15) is 44.6 Å². The van der Waals surface area contributed by atoms with Crippen LogP contribution in [-0.4, -0.2) is 35.3 Å². The van der Waals surface area contributed by atoms with E-state index in [-0.39, 0.29) is 41.6 Å². The number of amides is 2. The molecule has 1 aromatic rings. The minimum atomic E-state index is -0.389. The van der Waals surface area contributed by atoms with Crippen molar-refractivity contribution in [3.63, 3.8) is 0 Å². The lowest BCUT2D eigenvalue weighted by Gasteiger charge is -2.30. The van der Waals surface area contributed by atoms with E-state index in [1.807, 2.05) is 13.8 Å². The molecule has 124 valence electrons. The average Bonchev–Trinajstić information content (AvgIpc) is 3.13. The van der Waals surface area contributed by atoms with Crippen molar-refractivity contribution in [1.29, 1.82) is 0 Å². The molecular formula is C18H23FN2O2. The first-order valence-electron chi connectivity index (χ1n) is 8.32. The summed E-state index contributed by atoms with van der Waals surface area (Å²) < 4.78 is 13.0. The second-order valence-corrected chi connectivity index (χ2v) is 6.89. The second kappa shape index (κ2) is 6.30. The summed E-state index contributed by atoms with van der Waals surface area (Å²) in [7, 11) is 0. The zero-order valence-corrected chi connectivity index (χ0v) is 13.6. The minimum Gasteiger partial charge on any atom is -0.351 e. The second-order valence-electron chi connectivity index (χ2n) is 6.89. The van der Waals surface area contributed by atoms with Crippen molar-refractivity contribution in [3.05, 3.63) is 35.6 Å². The summed E-state index contributed by atoms with van der Waals surface area (Å²) in [6.07, 6.45) is 2.24. The van der Waals surface area contributed by atoms with Crippen LogP contribution in [0.15, 0.2) is 24.3 Å². The highest BCUT2D eigenvalue weighted by molar-refractivity contribution is 5.89. The van der Waals surface area contributed by atoms with E-state index in [0.29, 0.717) is 13.0 Å². The highest BCUT2D eigenvalue weighted by Gasteiger charge is 2.42. The normalized spacial score (nSPS) is 24.9. The van der Waals surface area contributed by atoms with Crippen molar-refractivity contribution >= 4 is 11.8 Å². The van der Waals surface area contributed by atoms with Gasteiger partial charge in [0.25, 0.3) is 0 Å². The van der Waals surface area contributed by atoms with Crippen LogP contribution in [0.3, 0.4) is 0 Å². The van der Waals surface area contributed by atoms with Crippen molar-refractivity contribution in [2.24, 2.45) is 5.92 Å². The highest BCUT2D eigenvalue weighted by Crippen LogP contribution is 2.41. The van der Waals surface area contributed by atoms with Crippen LogP contribution in [0.4, 0.5) is 4.39 Å². The summed E-state index contributed by atoms with van der Waals surface area (Å²) in [6, 6.07) is 6.15. The van der Waals surface area contributed by atoms with Gasteiger partial charge in [0.2, 0.25) is 11.8 Å². The fourth-order valence-electron chi connectivity index (χ4n) is 3.47. The van der Waals surface area contributed by atoms with E-state index in [0.717, 1.165) is 18.4 Å². The molecule has 23 heavy (non-hydrogen) atoms. The first-order chi connectivity index (χ1) is 11.0. The van der Waals surface area contributed by atoms with Gasteiger partial charge in [0.1, 0.15) is 11.9 Å². The predicted octanol–water partition coefficient (Wildman–Crippen LogP) is 2.44. The van der Waals surface area contributed by atoms with Crippen LogP contribution in [0.5, 0.6) is 0 Å². The number of likely N-dealkylation sites (tertiary alicyclic amines) is 1. The standard InChI is InChI=1S/C18H23FN2O2/c1-11(2)17(21-9-3-4-16(21)22)18(23)20-15-10-14(15)12-5-7-13(19)8-6-12/h5-8,11,14-15,17H,3-4,9-10H2,1-2H3,(H,20,23)/t14-,15+,17-/m1/s1. The lowest BCUT2D eigenvalue weighted by atomic mass is 10.0. The number of nitrogens with zero attached hydrogens (tertiary/aromatic N) is 1. The maximum atomic E-state index is 13.0. The molecule has 0 aromatic heterocycles. The molecule has 2 amide bonds. The van der Waals surface area contributed by atoms with E-state index < -0.39 is 0 Å². The van der Waals surface area contributed by atoms with Crippen LogP contribution < -0.4 is 5.32 Å². The Kier molecular flexibility index (Phi) is 4.37. The van der Waals surface area contributed by atoms with Gasteiger partial charge in [0, 0.05) is 24.9 Å². The molecule has 1 saturated carbocycles. The van der Waals surface area contributed by atoms with Crippen LogP contribution in [0.2, 0.25) is 0 Å². The molecule has 0 spiro atoms. The quantitative estimate of drug-likeness (QED) is 0.906. The van der Waals surface area contributed by atoms with Gasteiger partial charge in [-0.05, 0) is 36.5 Å². The minimum absolute atomic E-state index is 0.0649. The van der Waals surface area contributed by atoms with Gasteiger partial charge in [0.05, 0.1) is 0 Å². The Labute approximate surface area is 136 Å². The van der Waals surface area contributed by atoms with Gasteiger partial charge in [-0.1, -0.05) is 26.0 Å². The maximum Gasteiger partial charge on any atom is 0.243 e. The number of carbonyl (C=O) groups is 2. The van der Waals surface area contributed by atoms with Crippen LogP contribution in [-0.2, 0) is 9.59 Å². The molecule has 1 aliphatic heterocycles. The summed E-state index contributed by atoms with van der Waals surface area (Å²) in [5.41, 5.74) is 1.05. The third kappa shape index (κ3) is 3.38. The monoisotopic (exact) mass is 318 g/mol. The largest absolute Gasteiger partial charge is 0.351 e. The average molecular weight is 318 g/mol. The smallest absolute Gasteiger partial charge is 0.243 e. The Balaban J connectivity index is 1.62. The highest BCUT2D eigenvalue weighted by atomic mass is 19.1. The van der Waals surface area contributed by atoms with Gasteiger partial charge in [-0.3, -0.25) is 9.59 Å². The fourth-order valence-corrected chi connectivity index (χ4v) is 3.47. The van der Waals surface area contributed by atoms with Gasteiger partial charge in [-0.25, -0.2) is 4.39 Å². The van der Waals surface area contributed by atoms with Crippen molar-refractivity contribution in [2.75, 3.05) is 6.54 Å². The number of nitrogens with one attached hydrogen (secondary N) is 1. The molecule has 0 bridgehead atoms. The molecule has 1 aliphatic carbocycles. The third-order valence-electron chi connectivity index (χ3n) is 4.76. The topological polar surface area (TPSA) is 49.4 Å². The lowest BCUT2D eigenvalue weighted by Crippen LogP contribution is -2.51. The van der Waals surface area contributed by atoms with Crippen molar-refractivity contribution < 1.29 is 14.0 Å². The lowest BCUT2D eigenvalue weighted by molar-refractivity contribution is -0.139. The van der Waals surface area contributed by atoms with Crippen molar-refractivity contribution in [1.82, 2.24) is 10.2 Å². The van der Waals surface area contributed by atoms with Crippen molar-refractivity contribution in [3.8, 4) is 0 Å². The number of halogens is 1. The first kappa shape index (κ1) is 16.0. The third-order valence-corrected chi connectivity index (χ3v) is 4.76. The Hall–Kier alpha value is -1.91. The van der Waals surface area contributed by atoms with E-state index >= 15 is 0 Å². The molecule has 2 fully saturated rings. The van der Waals surface area contributed by atoms with E-state index in [9.17, 15) is 14.0 Å². The molecule has 1 N–H and O–H groups in total. The van der Waals surface area contributed by atoms with Gasteiger partial charge < -0.3 is 10.2 Å². The Bertz CT molecular complexity index is 600. The number of carbonyl (C=O) groups excluding carboxylic acids is 2. The first-order valence-corrected chi connectivity index (χ1v) is 8.32. The van der Waals surface area contributed by atoms with E-state index in [2.05, 4.69) is 5.32 Å². The molecule has 2 aliphatic rings. The molecule has 1 aromatic carbocycles. The number of benzene rings is 1. The summed E-state index contributed by atoms with van der Waals surface area (Å²) in [5.74, 6) is 0.0960. The Morgan fingerprint density at radius 2 is 2.00 bits per heavy atom. The van der Waals surface area contributed by atoms with E-state index in [1.54, 1.807) is 17.0 Å². The molecule has 4 nitrogen and oxygen atoms in total. The molecule has 3 atom stereocenters. The van der Waals surface area contributed by atoms with Gasteiger partial charge >= 0.3 is 0 Å². The van der Waals surface area contributed by atoms with Gasteiger partial charge in [0.15, 0.2) is 0 Å². The van der Waals surface area contributed by atoms with E-state index in [4.69, 9.17) is 0 Å². The SMILES string of the molecule is CC(C)[C@H](C(=O)N[C@H]1C[C@@H]1c1ccc(F)cc1)N1CCCC1=O. The van der Waals surface area contributed by atoms with Crippen LogP contribution >= 0.6 is 0 Å². The molecule has 5 heteroatoms. The summed E-state index contributed by atoms with van der Waals surface area (Å²) >= 11 is 0. The summed E-state index contributed by atoms with van der Waals surface area (Å²) in [6.45, 7) is 4.61. The Morgan fingerprint density at radius 1 is 1.30 bits per heavy atom. The Morgan fingerprint density at radius 3 is 2.57 bits per heavy atom. The van der Waals surface area contributed by atoms with E-state index in [1.165, 1.54) is 12.1 Å². The van der Waals surface area contributed by atoms with Gasteiger partial charge in [-0.2, -0.15) is 0 Å². The van der Waals surface area contributed by atoms with Crippen LogP contribution in [0, 0.1) is 11.7 Å². The summed E-state index contributed by atoms with van der Waals surface area (Å²) in [4.78, 5) is 26.3. The molecule has 0 unspecified atom stereocenters.